The largest absolute Gasteiger partial charge is 0.394 e. The fourth-order valence-corrected chi connectivity index (χ4v) is 2.56. The molecular formula is C15H24N4O2. The van der Waals surface area contributed by atoms with Crippen molar-refractivity contribution in [1.29, 1.82) is 0 Å². The molecule has 1 aromatic heterocycles. The predicted octanol–water partition coefficient (Wildman–Crippen LogP) is 2.20. The van der Waals surface area contributed by atoms with E-state index in [1.54, 1.807) is 12.4 Å². The molecule has 6 nitrogen and oxygen atoms in total. The molecule has 2 amide bonds. The number of rotatable bonds is 3. The summed E-state index contributed by atoms with van der Waals surface area (Å²) in [4.78, 5) is 20.6. The lowest BCUT2D eigenvalue weighted by Gasteiger charge is -2.27. The quantitative estimate of drug-likeness (QED) is 0.797. The van der Waals surface area contributed by atoms with E-state index in [1.807, 2.05) is 20.8 Å². The van der Waals surface area contributed by atoms with Crippen LogP contribution in [0.5, 0.6) is 0 Å². The van der Waals surface area contributed by atoms with Gasteiger partial charge < -0.3 is 15.7 Å². The van der Waals surface area contributed by atoms with E-state index in [0.29, 0.717) is 5.69 Å². The number of carbonyl (C=O) groups excluding carboxylic acids is 1. The predicted molar refractivity (Wildman–Crippen MR) is 81.2 cm³/mol. The highest BCUT2D eigenvalue weighted by Crippen LogP contribution is 2.29. The molecular weight excluding hydrogens is 268 g/mol. The molecule has 2 rings (SSSR count). The van der Waals surface area contributed by atoms with E-state index in [-0.39, 0.29) is 18.1 Å². The van der Waals surface area contributed by atoms with Gasteiger partial charge in [0.05, 0.1) is 30.2 Å². The van der Waals surface area contributed by atoms with E-state index in [1.165, 1.54) is 0 Å². The summed E-state index contributed by atoms with van der Waals surface area (Å²) in [6.45, 7) is 6.08. The molecule has 1 aliphatic rings. The lowest BCUT2D eigenvalue weighted by molar-refractivity contribution is 0.167. The van der Waals surface area contributed by atoms with E-state index in [4.69, 9.17) is 0 Å². The SMILES string of the molecule is CC(C)(C)c1ncc(NC(=O)NC2(CO)CCCC2)cn1. The van der Waals surface area contributed by atoms with E-state index >= 15 is 0 Å². The van der Waals surface area contributed by atoms with E-state index < -0.39 is 5.54 Å². The van der Waals surface area contributed by atoms with Crippen molar-refractivity contribution in [2.45, 2.75) is 57.4 Å². The number of hydrogen-bond acceptors (Lipinski definition) is 4. The van der Waals surface area contributed by atoms with Crippen molar-refractivity contribution in [1.82, 2.24) is 15.3 Å². The van der Waals surface area contributed by atoms with Gasteiger partial charge in [0.1, 0.15) is 5.82 Å². The molecule has 1 aliphatic carbocycles. The average molecular weight is 292 g/mol. The van der Waals surface area contributed by atoms with Crippen molar-refractivity contribution >= 4 is 11.7 Å². The van der Waals surface area contributed by atoms with Gasteiger partial charge >= 0.3 is 6.03 Å². The molecule has 3 N–H and O–H groups in total. The molecule has 0 unspecified atom stereocenters. The van der Waals surface area contributed by atoms with Crippen LogP contribution in [0.4, 0.5) is 10.5 Å². The molecule has 0 saturated heterocycles. The molecule has 1 heterocycles. The molecule has 1 aromatic rings. The fraction of sp³-hybridized carbons (Fsp3) is 0.667. The summed E-state index contributed by atoms with van der Waals surface area (Å²) in [5, 5.41) is 15.1. The summed E-state index contributed by atoms with van der Waals surface area (Å²) in [5.41, 5.74) is -0.0476. The number of aromatic nitrogens is 2. The molecule has 0 aliphatic heterocycles. The lowest BCUT2D eigenvalue weighted by atomic mass is 9.96. The van der Waals surface area contributed by atoms with Crippen LogP contribution in [0.1, 0.15) is 52.3 Å². The number of aliphatic hydroxyl groups is 1. The Bertz CT molecular complexity index is 487. The van der Waals surface area contributed by atoms with Gasteiger partial charge in [-0.2, -0.15) is 0 Å². The van der Waals surface area contributed by atoms with Gasteiger partial charge in [-0.25, -0.2) is 14.8 Å². The van der Waals surface area contributed by atoms with Crippen LogP contribution >= 0.6 is 0 Å². The molecule has 21 heavy (non-hydrogen) atoms. The zero-order valence-electron chi connectivity index (χ0n) is 12.9. The summed E-state index contributed by atoms with van der Waals surface area (Å²) >= 11 is 0. The third-order valence-corrected chi connectivity index (χ3v) is 3.82. The Hall–Kier alpha value is -1.69. The minimum absolute atomic E-state index is 0.0279. The zero-order valence-corrected chi connectivity index (χ0v) is 12.9. The number of anilines is 1. The number of hydrogen-bond donors (Lipinski definition) is 3. The Labute approximate surface area is 125 Å². The zero-order chi connectivity index (χ0) is 15.5. The number of urea groups is 1. The Kier molecular flexibility index (Phi) is 4.46. The minimum atomic E-state index is -0.476. The Balaban J connectivity index is 1.96. The molecule has 0 radical (unpaired) electrons. The van der Waals surface area contributed by atoms with Gasteiger partial charge in [0, 0.05) is 5.41 Å². The van der Waals surface area contributed by atoms with Crippen molar-refractivity contribution in [3.8, 4) is 0 Å². The maximum atomic E-state index is 12.0. The highest BCUT2D eigenvalue weighted by atomic mass is 16.3. The second kappa shape index (κ2) is 5.97. The van der Waals surface area contributed by atoms with E-state index in [9.17, 15) is 9.90 Å². The smallest absolute Gasteiger partial charge is 0.319 e. The third-order valence-electron chi connectivity index (χ3n) is 3.82. The van der Waals surface area contributed by atoms with Gasteiger partial charge in [-0.3, -0.25) is 0 Å². The Morgan fingerprint density at radius 1 is 1.29 bits per heavy atom. The lowest BCUT2D eigenvalue weighted by Crippen LogP contribution is -2.50. The van der Waals surface area contributed by atoms with E-state index in [2.05, 4.69) is 20.6 Å². The molecule has 0 spiro atoms. The molecule has 6 heteroatoms. The van der Waals surface area contributed by atoms with Gasteiger partial charge in [-0.05, 0) is 12.8 Å². The van der Waals surface area contributed by atoms with Crippen LogP contribution in [0, 0.1) is 0 Å². The first-order valence-corrected chi connectivity index (χ1v) is 7.37. The molecule has 116 valence electrons. The van der Waals surface area contributed by atoms with Crippen LogP contribution in [0.25, 0.3) is 0 Å². The summed E-state index contributed by atoms with van der Waals surface area (Å²) in [5.74, 6) is 0.732. The summed E-state index contributed by atoms with van der Waals surface area (Å²) in [7, 11) is 0. The van der Waals surface area contributed by atoms with Crippen molar-refractivity contribution in [2.75, 3.05) is 11.9 Å². The fourth-order valence-electron chi connectivity index (χ4n) is 2.56. The van der Waals surface area contributed by atoms with Crippen molar-refractivity contribution in [3.63, 3.8) is 0 Å². The van der Waals surface area contributed by atoms with Gasteiger partial charge in [-0.1, -0.05) is 33.6 Å². The minimum Gasteiger partial charge on any atom is -0.394 e. The maximum absolute atomic E-state index is 12.0. The Morgan fingerprint density at radius 2 is 1.86 bits per heavy atom. The number of amides is 2. The number of nitrogens with one attached hydrogen (secondary N) is 2. The van der Waals surface area contributed by atoms with Crippen LogP contribution in [-0.4, -0.2) is 33.3 Å². The van der Waals surface area contributed by atoms with Gasteiger partial charge in [0.25, 0.3) is 0 Å². The molecule has 1 saturated carbocycles. The second-order valence-corrected chi connectivity index (χ2v) is 6.77. The Morgan fingerprint density at radius 3 is 2.33 bits per heavy atom. The third kappa shape index (κ3) is 3.91. The topological polar surface area (TPSA) is 87.1 Å². The van der Waals surface area contributed by atoms with Crippen LogP contribution in [0.3, 0.4) is 0 Å². The highest BCUT2D eigenvalue weighted by Gasteiger charge is 2.34. The van der Waals surface area contributed by atoms with Crippen LogP contribution in [0.2, 0.25) is 0 Å². The standard InChI is InChI=1S/C15H24N4O2/c1-14(2,3)12-16-8-11(9-17-12)18-13(21)19-15(10-20)6-4-5-7-15/h8-9,20H,4-7,10H2,1-3H3,(H2,18,19,21). The monoisotopic (exact) mass is 292 g/mol. The summed E-state index contributed by atoms with van der Waals surface area (Å²) in [6, 6.07) is -0.321. The first-order chi connectivity index (χ1) is 9.85. The van der Waals surface area contributed by atoms with Gasteiger partial charge in [0.15, 0.2) is 0 Å². The van der Waals surface area contributed by atoms with Crippen molar-refractivity contribution in [2.24, 2.45) is 0 Å². The first-order valence-electron chi connectivity index (χ1n) is 7.37. The molecule has 0 aromatic carbocycles. The van der Waals surface area contributed by atoms with Crippen LogP contribution in [-0.2, 0) is 5.41 Å². The molecule has 0 bridgehead atoms. The summed E-state index contributed by atoms with van der Waals surface area (Å²) < 4.78 is 0. The number of nitrogens with zero attached hydrogens (tertiary/aromatic N) is 2. The number of aliphatic hydroxyl groups excluding tert-OH is 1. The summed E-state index contributed by atoms with van der Waals surface area (Å²) in [6.07, 6.45) is 6.90. The van der Waals surface area contributed by atoms with Crippen molar-refractivity contribution < 1.29 is 9.90 Å². The van der Waals surface area contributed by atoms with Crippen LogP contribution in [0.15, 0.2) is 12.4 Å². The van der Waals surface area contributed by atoms with E-state index in [0.717, 1.165) is 31.5 Å². The molecule has 1 fully saturated rings. The van der Waals surface area contributed by atoms with Gasteiger partial charge in [-0.15, -0.1) is 0 Å². The average Bonchev–Trinajstić information content (AvgIpc) is 2.87. The van der Waals surface area contributed by atoms with Crippen LogP contribution < -0.4 is 10.6 Å². The normalized spacial score (nSPS) is 17.5. The number of carbonyl (C=O) groups is 1. The molecule has 0 atom stereocenters. The second-order valence-electron chi connectivity index (χ2n) is 6.77. The maximum Gasteiger partial charge on any atom is 0.319 e. The van der Waals surface area contributed by atoms with Gasteiger partial charge in [0.2, 0.25) is 0 Å². The van der Waals surface area contributed by atoms with Crippen molar-refractivity contribution in [3.05, 3.63) is 18.2 Å². The first kappa shape index (κ1) is 15.7. The highest BCUT2D eigenvalue weighted by molar-refractivity contribution is 5.89.